The van der Waals surface area contributed by atoms with Crippen LogP contribution in [-0.2, 0) is 16.9 Å². The van der Waals surface area contributed by atoms with Gasteiger partial charge < -0.3 is 14.8 Å². The first kappa shape index (κ1) is 20.4. The molecule has 0 saturated carbocycles. The number of carbonyl (C=O) groups excluding carboxylic acids is 1. The van der Waals surface area contributed by atoms with Crippen molar-refractivity contribution in [1.82, 2.24) is 19.3 Å². The third-order valence-corrected chi connectivity index (χ3v) is 4.44. The van der Waals surface area contributed by atoms with E-state index in [-0.39, 0.29) is 30.0 Å². The number of fused-ring (bicyclic) bond motifs is 1. The Labute approximate surface area is 168 Å². The molecule has 9 heteroatoms. The first-order valence-corrected chi connectivity index (χ1v) is 9.20. The number of methoxy groups -OCH3 is 2. The lowest BCUT2D eigenvalue weighted by atomic mass is 10.1. The lowest BCUT2D eigenvalue weighted by Gasteiger charge is -2.19. The van der Waals surface area contributed by atoms with Crippen LogP contribution in [0.3, 0.4) is 0 Å². The van der Waals surface area contributed by atoms with Crippen LogP contribution in [0.15, 0.2) is 35.5 Å². The van der Waals surface area contributed by atoms with E-state index >= 15 is 0 Å². The number of ether oxygens (including phenoxy) is 2. The Kier molecular flexibility index (Phi) is 5.58. The Bertz CT molecular complexity index is 1090. The summed E-state index contributed by atoms with van der Waals surface area (Å²) in [4.78, 5) is 29.4. The second-order valence-electron chi connectivity index (χ2n) is 7.58. The Morgan fingerprint density at radius 3 is 2.55 bits per heavy atom. The fourth-order valence-electron chi connectivity index (χ4n) is 2.96. The number of anilines is 1. The Morgan fingerprint density at radius 2 is 1.90 bits per heavy atom. The molecule has 0 aliphatic carbocycles. The van der Waals surface area contributed by atoms with Crippen LogP contribution in [-0.4, -0.2) is 39.5 Å². The number of rotatable bonds is 6. The minimum absolute atomic E-state index is 0.120. The second kappa shape index (κ2) is 7.94. The van der Waals surface area contributed by atoms with Gasteiger partial charge in [-0.05, 0) is 32.9 Å². The molecule has 0 bridgehead atoms. The Balaban J connectivity index is 1.71. The minimum atomic E-state index is -0.285. The number of amides is 1. The van der Waals surface area contributed by atoms with Crippen molar-refractivity contribution in [2.45, 2.75) is 39.3 Å². The van der Waals surface area contributed by atoms with Gasteiger partial charge in [-0.2, -0.15) is 5.10 Å². The van der Waals surface area contributed by atoms with E-state index < -0.39 is 0 Å². The maximum atomic E-state index is 12.7. The predicted molar refractivity (Wildman–Crippen MR) is 110 cm³/mol. The number of aromatic nitrogens is 4. The number of hydrogen-bond acceptors (Lipinski definition) is 6. The van der Waals surface area contributed by atoms with E-state index in [4.69, 9.17) is 9.47 Å². The third-order valence-electron chi connectivity index (χ3n) is 4.44. The summed E-state index contributed by atoms with van der Waals surface area (Å²) in [5.74, 6) is 0.869. The Hall–Kier alpha value is -3.36. The molecule has 3 aromatic rings. The molecule has 3 rings (SSSR count). The summed E-state index contributed by atoms with van der Waals surface area (Å²) in [6.07, 6.45) is 3.10. The molecule has 1 N–H and O–H groups in total. The van der Waals surface area contributed by atoms with Gasteiger partial charge in [0.05, 0.1) is 32.3 Å². The average molecular weight is 399 g/mol. The highest BCUT2D eigenvalue weighted by atomic mass is 16.5. The molecule has 9 nitrogen and oxygen atoms in total. The van der Waals surface area contributed by atoms with Crippen LogP contribution in [0.5, 0.6) is 11.5 Å². The number of nitrogens with one attached hydrogen (secondary N) is 1. The number of nitrogens with zero attached hydrogens (tertiary/aromatic N) is 4. The van der Waals surface area contributed by atoms with E-state index in [0.717, 1.165) is 0 Å². The van der Waals surface area contributed by atoms with Crippen LogP contribution in [0.2, 0.25) is 0 Å². The number of hydrogen-bond donors (Lipinski definition) is 1. The highest BCUT2D eigenvalue weighted by Crippen LogP contribution is 2.29. The van der Waals surface area contributed by atoms with Crippen molar-refractivity contribution in [2.75, 3.05) is 19.5 Å². The van der Waals surface area contributed by atoms with Gasteiger partial charge >= 0.3 is 0 Å². The first-order chi connectivity index (χ1) is 13.7. The molecule has 2 heterocycles. The van der Waals surface area contributed by atoms with E-state index in [1.54, 1.807) is 30.0 Å². The van der Waals surface area contributed by atoms with Gasteiger partial charge in [0.25, 0.3) is 5.56 Å². The second-order valence-corrected chi connectivity index (χ2v) is 7.58. The van der Waals surface area contributed by atoms with Crippen molar-refractivity contribution in [3.63, 3.8) is 0 Å². The van der Waals surface area contributed by atoms with Crippen LogP contribution >= 0.6 is 0 Å². The Morgan fingerprint density at radius 1 is 1.17 bits per heavy atom. The van der Waals surface area contributed by atoms with Crippen LogP contribution in [0.4, 0.5) is 5.69 Å². The van der Waals surface area contributed by atoms with E-state index in [0.29, 0.717) is 28.2 Å². The molecule has 0 aliphatic heterocycles. The number of benzene rings is 1. The zero-order valence-corrected chi connectivity index (χ0v) is 17.2. The fraction of sp³-hybridized carbons (Fsp3) is 0.400. The molecular weight excluding hydrogens is 374 g/mol. The lowest BCUT2D eigenvalue weighted by Crippen LogP contribution is -2.26. The van der Waals surface area contributed by atoms with E-state index in [1.807, 2.05) is 20.8 Å². The van der Waals surface area contributed by atoms with Gasteiger partial charge in [0, 0.05) is 24.7 Å². The van der Waals surface area contributed by atoms with Crippen LogP contribution in [0.1, 0.15) is 27.2 Å². The maximum Gasteiger partial charge on any atom is 0.264 e. The molecule has 0 saturated heterocycles. The van der Waals surface area contributed by atoms with Gasteiger partial charge in [-0.25, -0.2) is 9.67 Å². The maximum absolute atomic E-state index is 12.7. The van der Waals surface area contributed by atoms with Crippen molar-refractivity contribution < 1.29 is 14.3 Å². The van der Waals surface area contributed by atoms with Crippen molar-refractivity contribution >= 4 is 22.6 Å². The standard InChI is InChI=1S/C20H25N5O4/c1-20(2,3)25-18-14(11-22-25)19(27)24(12-21-18)9-8-17(26)23-13-6-7-15(28-4)16(10-13)29-5/h6-7,10-12H,8-9H2,1-5H3,(H,23,26). The van der Waals surface area contributed by atoms with Gasteiger partial charge in [-0.3, -0.25) is 14.2 Å². The largest absolute Gasteiger partial charge is 0.493 e. The minimum Gasteiger partial charge on any atom is -0.493 e. The summed E-state index contributed by atoms with van der Waals surface area (Å²) in [7, 11) is 3.07. The van der Waals surface area contributed by atoms with Gasteiger partial charge in [0.1, 0.15) is 5.39 Å². The summed E-state index contributed by atoms with van der Waals surface area (Å²) in [6, 6.07) is 5.11. The van der Waals surface area contributed by atoms with Crippen molar-refractivity contribution in [1.29, 1.82) is 0 Å². The highest BCUT2D eigenvalue weighted by Gasteiger charge is 2.19. The molecule has 154 valence electrons. The molecule has 0 radical (unpaired) electrons. The van der Waals surface area contributed by atoms with Crippen molar-refractivity contribution in [3.05, 3.63) is 41.1 Å². The van der Waals surface area contributed by atoms with E-state index in [2.05, 4.69) is 15.4 Å². The molecule has 29 heavy (non-hydrogen) atoms. The van der Waals surface area contributed by atoms with Gasteiger partial charge in [0.2, 0.25) is 5.91 Å². The molecule has 2 aromatic heterocycles. The molecule has 0 unspecified atom stereocenters. The van der Waals surface area contributed by atoms with Crippen LogP contribution < -0.4 is 20.3 Å². The smallest absolute Gasteiger partial charge is 0.264 e. The summed E-state index contributed by atoms with van der Waals surface area (Å²) < 4.78 is 13.6. The number of carbonyl (C=O) groups is 1. The summed E-state index contributed by atoms with van der Waals surface area (Å²) >= 11 is 0. The van der Waals surface area contributed by atoms with Crippen LogP contribution in [0.25, 0.3) is 11.0 Å². The van der Waals surface area contributed by atoms with E-state index in [9.17, 15) is 9.59 Å². The molecule has 0 fully saturated rings. The summed E-state index contributed by atoms with van der Waals surface area (Å²) in [5.41, 5.74) is 0.616. The van der Waals surface area contributed by atoms with Crippen molar-refractivity contribution in [2.24, 2.45) is 0 Å². The average Bonchev–Trinajstić information content (AvgIpc) is 3.12. The molecule has 1 amide bonds. The SMILES string of the molecule is COc1ccc(NC(=O)CCn2cnc3c(cnn3C(C)(C)C)c2=O)cc1OC. The van der Waals surface area contributed by atoms with E-state index in [1.165, 1.54) is 24.2 Å². The fourth-order valence-corrected chi connectivity index (χ4v) is 2.96. The predicted octanol–water partition coefficient (Wildman–Crippen LogP) is 2.39. The summed E-state index contributed by atoms with van der Waals surface area (Å²) in [6.45, 7) is 6.18. The summed E-state index contributed by atoms with van der Waals surface area (Å²) in [5, 5.41) is 7.51. The van der Waals surface area contributed by atoms with Gasteiger partial charge in [0.15, 0.2) is 17.1 Å². The lowest BCUT2D eigenvalue weighted by molar-refractivity contribution is -0.116. The molecular formula is C20H25N5O4. The number of aryl methyl sites for hydroxylation is 1. The monoisotopic (exact) mass is 399 g/mol. The first-order valence-electron chi connectivity index (χ1n) is 9.20. The van der Waals surface area contributed by atoms with Gasteiger partial charge in [-0.15, -0.1) is 0 Å². The molecule has 0 spiro atoms. The highest BCUT2D eigenvalue weighted by molar-refractivity contribution is 5.91. The molecule has 0 atom stereocenters. The quantitative estimate of drug-likeness (QED) is 0.683. The van der Waals surface area contributed by atoms with Gasteiger partial charge in [-0.1, -0.05) is 0 Å². The zero-order valence-electron chi connectivity index (χ0n) is 17.2. The normalized spacial score (nSPS) is 11.5. The van der Waals surface area contributed by atoms with Crippen LogP contribution in [0, 0.1) is 0 Å². The molecule has 0 aliphatic rings. The molecule has 1 aromatic carbocycles. The van der Waals surface area contributed by atoms with Crippen molar-refractivity contribution in [3.8, 4) is 11.5 Å². The zero-order chi connectivity index (χ0) is 21.2. The third kappa shape index (κ3) is 4.23. The topological polar surface area (TPSA) is 100 Å².